The summed E-state index contributed by atoms with van der Waals surface area (Å²) in [4.78, 5) is 49.7. The number of nitrogens with zero attached hydrogens (tertiary/aromatic N) is 1. The van der Waals surface area contributed by atoms with Gasteiger partial charge >= 0.3 is 12.1 Å². The van der Waals surface area contributed by atoms with Crippen molar-refractivity contribution < 1.29 is 28.7 Å². The maximum atomic E-state index is 12.4. The third-order valence-electron chi connectivity index (χ3n) is 4.40. The number of hydrogen-bond donors (Lipinski definition) is 0. The lowest BCUT2D eigenvalue weighted by molar-refractivity contribution is -0.149. The quantitative estimate of drug-likeness (QED) is 0.484. The van der Waals surface area contributed by atoms with Gasteiger partial charge in [0, 0.05) is 16.5 Å². The molecule has 0 saturated carbocycles. The number of halogens is 1. The number of carbonyl (C=O) groups excluding carboxylic acids is 4. The van der Waals surface area contributed by atoms with E-state index >= 15 is 0 Å². The van der Waals surface area contributed by atoms with E-state index in [0.29, 0.717) is 5.56 Å². The summed E-state index contributed by atoms with van der Waals surface area (Å²) >= 11 is 3.28. The van der Waals surface area contributed by atoms with Gasteiger partial charge in [0.1, 0.15) is 12.6 Å². The number of imide groups is 1. The second kappa shape index (κ2) is 9.47. The number of carbonyl (C=O) groups is 4. The fourth-order valence-electron chi connectivity index (χ4n) is 2.88. The predicted molar refractivity (Wildman–Crippen MR) is 106 cm³/mol. The van der Waals surface area contributed by atoms with Gasteiger partial charge in [-0.2, -0.15) is 0 Å². The maximum absolute atomic E-state index is 12.4. The molecule has 0 spiro atoms. The van der Waals surface area contributed by atoms with Gasteiger partial charge in [-0.1, -0.05) is 58.4 Å². The zero-order valence-corrected chi connectivity index (χ0v) is 17.0. The van der Waals surface area contributed by atoms with E-state index in [-0.39, 0.29) is 25.2 Å². The molecule has 0 aliphatic carbocycles. The number of amides is 2. The van der Waals surface area contributed by atoms with Crippen LogP contribution in [0.15, 0.2) is 59.1 Å². The second-order valence-electron chi connectivity index (χ2n) is 6.40. The third kappa shape index (κ3) is 5.29. The Hall–Kier alpha value is -3.00. The zero-order valence-electron chi connectivity index (χ0n) is 15.4. The van der Waals surface area contributed by atoms with Gasteiger partial charge < -0.3 is 9.47 Å². The molecule has 7 nitrogen and oxygen atoms in total. The lowest BCUT2D eigenvalue weighted by atomic mass is 10.1. The molecule has 0 aromatic heterocycles. The summed E-state index contributed by atoms with van der Waals surface area (Å²) < 4.78 is 11.0. The fraction of sp³-hybridized carbons (Fsp3) is 0.238. The summed E-state index contributed by atoms with van der Waals surface area (Å²) in [5.74, 6) is -1.70. The Morgan fingerprint density at radius 2 is 1.69 bits per heavy atom. The Kier molecular flexibility index (Phi) is 6.77. The molecule has 0 N–H and O–H groups in total. The first-order valence-corrected chi connectivity index (χ1v) is 9.73. The van der Waals surface area contributed by atoms with Crippen LogP contribution in [0.5, 0.6) is 0 Å². The molecule has 150 valence electrons. The highest BCUT2D eigenvalue weighted by Crippen LogP contribution is 2.22. The van der Waals surface area contributed by atoms with Gasteiger partial charge in [0.05, 0.1) is 0 Å². The third-order valence-corrected chi connectivity index (χ3v) is 4.93. The number of benzene rings is 2. The van der Waals surface area contributed by atoms with Crippen LogP contribution < -0.4 is 0 Å². The monoisotopic (exact) mass is 459 g/mol. The highest BCUT2D eigenvalue weighted by atomic mass is 79.9. The van der Waals surface area contributed by atoms with E-state index in [9.17, 15) is 19.2 Å². The van der Waals surface area contributed by atoms with E-state index < -0.39 is 30.6 Å². The Morgan fingerprint density at radius 3 is 2.38 bits per heavy atom. The van der Waals surface area contributed by atoms with Crippen LogP contribution >= 0.6 is 15.9 Å². The van der Waals surface area contributed by atoms with E-state index in [4.69, 9.17) is 9.47 Å². The molecular formula is C21H18BrNO6. The van der Waals surface area contributed by atoms with Crippen molar-refractivity contribution in [1.82, 2.24) is 4.90 Å². The van der Waals surface area contributed by atoms with Gasteiger partial charge in [0.25, 0.3) is 0 Å². The van der Waals surface area contributed by atoms with E-state index in [1.807, 2.05) is 6.07 Å². The summed E-state index contributed by atoms with van der Waals surface area (Å²) in [6, 6.07) is 14.5. The van der Waals surface area contributed by atoms with Crippen LogP contribution in [0.1, 0.15) is 28.8 Å². The van der Waals surface area contributed by atoms with Crippen LogP contribution in [0.2, 0.25) is 0 Å². The average molecular weight is 460 g/mol. The van der Waals surface area contributed by atoms with Crippen molar-refractivity contribution in [3.05, 3.63) is 70.2 Å². The molecule has 2 amide bonds. The zero-order chi connectivity index (χ0) is 20.8. The van der Waals surface area contributed by atoms with Gasteiger partial charge in [-0.25, -0.2) is 14.5 Å². The first-order valence-electron chi connectivity index (χ1n) is 8.94. The van der Waals surface area contributed by atoms with Crippen LogP contribution in [0.25, 0.3) is 0 Å². The van der Waals surface area contributed by atoms with E-state index in [0.717, 1.165) is 14.9 Å². The Bertz CT molecular complexity index is 913. The molecule has 1 atom stereocenters. The molecule has 0 unspecified atom stereocenters. The number of hydrogen-bond acceptors (Lipinski definition) is 6. The molecule has 0 bridgehead atoms. The molecule has 1 aliphatic heterocycles. The van der Waals surface area contributed by atoms with E-state index in [2.05, 4.69) is 15.9 Å². The molecule has 8 heteroatoms. The molecule has 29 heavy (non-hydrogen) atoms. The van der Waals surface area contributed by atoms with Crippen molar-refractivity contribution in [3.63, 3.8) is 0 Å². The highest BCUT2D eigenvalue weighted by Gasteiger charge is 2.42. The minimum atomic E-state index is -1.09. The fourth-order valence-corrected chi connectivity index (χ4v) is 3.14. The average Bonchev–Trinajstić information content (AvgIpc) is 3.13. The van der Waals surface area contributed by atoms with Crippen LogP contribution in [0.4, 0.5) is 4.79 Å². The van der Waals surface area contributed by atoms with Gasteiger partial charge in [0.15, 0.2) is 12.4 Å². The standard InChI is InChI=1S/C21H18BrNO6/c22-16-8-6-15(7-9-16)18(24)13-28-20(26)17-10-11-19(25)23(17)21(27)29-12-14-4-2-1-3-5-14/h1-9,17H,10-13H2/t17-/m0/s1. The summed E-state index contributed by atoms with van der Waals surface area (Å²) in [5.41, 5.74) is 1.15. The molecule has 2 aromatic rings. The van der Waals surface area contributed by atoms with E-state index in [1.54, 1.807) is 48.5 Å². The van der Waals surface area contributed by atoms with Crippen molar-refractivity contribution >= 4 is 39.7 Å². The first-order chi connectivity index (χ1) is 14.0. The molecule has 1 fully saturated rings. The molecule has 3 rings (SSSR count). The molecular weight excluding hydrogens is 442 g/mol. The van der Waals surface area contributed by atoms with Crippen molar-refractivity contribution in [2.24, 2.45) is 0 Å². The van der Waals surface area contributed by atoms with Crippen LogP contribution in [-0.4, -0.2) is 41.3 Å². The first kappa shape index (κ1) is 20.7. The number of esters is 1. The van der Waals surface area contributed by atoms with Crippen molar-refractivity contribution in [3.8, 4) is 0 Å². The van der Waals surface area contributed by atoms with E-state index in [1.165, 1.54) is 0 Å². The number of ketones is 1. The summed E-state index contributed by atoms with van der Waals surface area (Å²) in [6.45, 7) is -0.495. The number of likely N-dealkylation sites (tertiary alicyclic amines) is 1. The molecule has 2 aromatic carbocycles. The van der Waals surface area contributed by atoms with Gasteiger partial charge in [-0.3, -0.25) is 9.59 Å². The minimum Gasteiger partial charge on any atom is -0.456 e. The smallest absolute Gasteiger partial charge is 0.417 e. The molecule has 1 aliphatic rings. The van der Waals surface area contributed by atoms with Gasteiger partial charge in [-0.15, -0.1) is 0 Å². The second-order valence-corrected chi connectivity index (χ2v) is 7.31. The summed E-state index contributed by atoms with van der Waals surface area (Å²) in [5, 5.41) is 0. The van der Waals surface area contributed by atoms with Gasteiger partial charge in [-0.05, 0) is 24.1 Å². The van der Waals surface area contributed by atoms with Crippen LogP contribution in [0, 0.1) is 0 Å². The Morgan fingerprint density at radius 1 is 1.00 bits per heavy atom. The molecule has 1 saturated heterocycles. The van der Waals surface area contributed by atoms with Crippen LogP contribution in [0.3, 0.4) is 0 Å². The normalized spacial score (nSPS) is 15.8. The maximum Gasteiger partial charge on any atom is 0.417 e. The number of Topliss-reactive ketones (excluding diaryl/α,β-unsaturated/α-hetero) is 1. The lowest BCUT2D eigenvalue weighted by Crippen LogP contribution is -2.44. The lowest BCUT2D eigenvalue weighted by Gasteiger charge is -2.21. The van der Waals surface area contributed by atoms with Gasteiger partial charge in [0.2, 0.25) is 5.91 Å². The predicted octanol–water partition coefficient (Wildman–Crippen LogP) is 3.50. The largest absolute Gasteiger partial charge is 0.456 e. The topological polar surface area (TPSA) is 90.0 Å². The van der Waals surface area contributed by atoms with Crippen LogP contribution in [-0.2, 0) is 25.7 Å². The number of rotatable bonds is 6. The molecule has 0 radical (unpaired) electrons. The summed E-state index contributed by atoms with van der Waals surface area (Å²) in [6.07, 6.45) is -0.747. The summed E-state index contributed by atoms with van der Waals surface area (Å²) in [7, 11) is 0. The minimum absolute atomic E-state index is 0.0206. The van der Waals surface area contributed by atoms with Crippen molar-refractivity contribution in [2.75, 3.05) is 6.61 Å². The Labute approximate surface area is 175 Å². The SMILES string of the molecule is O=C(COC(=O)[C@@H]1CCC(=O)N1C(=O)OCc1ccccc1)c1ccc(Br)cc1. The Balaban J connectivity index is 1.57. The molecule has 1 heterocycles. The van der Waals surface area contributed by atoms with Crippen molar-refractivity contribution in [2.45, 2.75) is 25.5 Å². The number of ether oxygens (including phenoxy) is 2. The highest BCUT2D eigenvalue weighted by molar-refractivity contribution is 9.10. The van der Waals surface area contributed by atoms with Crippen molar-refractivity contribution in [1.29, 1.82) is 0 Å².